The molecular formula is C11H6N4. The summed E-state index contributed by atoms with van der Waals surface area (Å²) in [6, 6.07) is 12.2. The van der Waals surface area contributed by atoms with Gasteiger partial charge in [0.15, 0.2) is 0 Å². The van der Waals surface area contributed by atoms with Crippen LogP contribution < -0.4 is 5.32 Å². The lowest BCUT2D eigenvalue weighted by Gasteiger charge is -1.99. The van der Waals surface area contributed by atoms with Crippen molar-refractivity contribution in [3.63, 3.8) is 0 Å². The first-order valence-corrected chi connectivity index (χ1v) is 4.07. The maximum absolute atomic E-state index is 8.63. The Morgan fingerprint density at radius 3 is 2.53 bits per heavy atom. The van der Waals surface area contributed by atoms with Gasteiger partial charge in [-0.15, -0.1) is 0 Å². The molecule has 70 valence electrons. The van der Waals surface area contributed by atoms with Crippen LogP contribution in [0.3, 0.4) is 0 Å². The zero-order chi connectivity index (χ0) is 11.1. The van der Waals surface area contributed by atoms with Gasteiger partial charge in [-0.25, -0.2) is 0 Å². The number of rotatable bonds is 2. The first kappa shape index (κ1) is 10.3. The summed E-state index contributed by atoms with van der Waals surface area (Å²) in [5, 5.41) is 28.3. The average Bonchev–Trinajstić information content (AvgIpc) is 2.31. The second kappa shape index (κ2) is 5.07. The van der Waals surface area contributed by atoms with Crippen molar-refractivity contribution >= 4 is 5.69 Å². The molecule has 0 fully saturated rings. The fraction of sp³-hybridized carbons (Fsp3) is 0. The smallest absolute Gasteiger partial charge is 0.145 e. The first-order valence-electron chi connectivity index (χ1n) is 4.07. The SMILES string of the molecule is N#CC(C#N)=CNc1cccc(C#N)c1. The first-order chi connectivity index (χ1) is 7.30. The molecule has 1 N–H and O–H groups in total. The molecule has 0 amide bonds. The van der Waals surface area contributed by atoms with E-state index in [4.69, 9.17) is 15.8 Å². The molecule has 0 aliphatic heterocycles. The Kier molecular flexibility index (Phi) is 3.48. The van der Waals surface area contributed by atoms with Crippen molar-refractivity contribution in [1.29, 1.82) is 15.8 Å². The van der Waals surface area contributed by atoms with E-state index in [1.807, 2.05) is 6.07 Å². The van der Waals surface area contributed by atoms with E-state index in [1.54, 1.807) is 36.4 Å². The molecule has 1 rings (SSSR count). The van der Waals surface area contributed by atoms with Gasteiger partial charge in [-0.3, -0.25) is 0 Å². The Hall–Kier alpha value is -2.77. The van der Waals surface area contributed by atoms with E-state index in [9.17, 15) is 0 Å². The fourth-order valence-corrected chi connectivity index (χ4v) is 0.924. The summed E-state index contributed by atoms with van der Waals surface area (Å²) in [5.41, 5.74) is 1.17. The van der Waals surface area contributed by atoms with Gasteiger partial charge in [-0.1, -0.05) is 6.07 Å². The summed E-state index contributed by atoms with van der Waals surface area (Å²) in [5.74, 6) is 0. The molecule has 1 aromatic carbocycles. The van der Waals surface area contributed by atoms with E-state index in [-0.39, 0.29) is 5.57 Å². The largest absolute Gasteiger partial charge is 0.360 e. The predicted molar refractivity (Wildman–Crippen MR) is 54.1 cm³/mol. The maximum Gasteiger partial charge on any atom is 0.145 e. The summed E-state index contributed by atoms with van der Waals surface area (Å²) in [7, 11) is 0. The van der Waals surface area contributed by atoms with Crippen LogP contribution in [0.15, 0.2) is 36.0 Å². The topological polar surface area (TPSA) is 83.4 Å². The maximum atomic E-state index is 8.63. The molecule has 0 saturated heterocycles. The monoisotopic (exact) mass is 194 g/mol. The average molecular weight is 194 g/mol. The molecule has 0 unspecified atom stereocenters. The van der Waals surface area contributed by atoms with Gasteiger partial charge in [0.05, 0.1) is 11.6 Å². The number of anilines is 1. The molecule has 4 nitrogen and oxygen atoms in total. The number of nitrogens with zero attached hydrogens (tertiary/aromatic N) is 3. The molecule has 0 radical (unpaired) electrons. The van der Waals surface area contributed by atoms with Crippen molar-refractivity contribution in [3.05, 3.63) is 41.6 Å². The van der Waals surface area contributed by atoms with Crippen molar-refractivity contribution in [2.24, 2.45) is 0 Å². The minimum absolute atomic E-state index is 0.0163. The number of nitrogens with one attached hydrogen (secondary N) is 1. The Bertz CT molecular complexity index is 493. The lowest BCUT2D eigenvalue weighted by molar-refractivity contribution is 1.44. The van der Waals surface area contributed by atoms with Crippen LogP contribution in [-0.4, -0.2) is 0 Å². The number of benzene rings is 1. The van der Waals surface area contributed by atoms with Crippen LogP contribution in [0.25, 0.3) is 0 Å². The van der Waals surface area contributed by atoms with Gasteiger partial charge >= 0.3 is 0 Å². The number of nitriles is 3. The number of hydrogen-bond acceptors (Lipinski definition) is 4. The van der Waals surface area contributed by atoms with E-state index in [0.29, 0.717) is 11.3 Å². The molecule has 0 aliphatic rings. The molecular weight excluding hydrogens is 188 g/mol. The molecule has 0 bridgehead atoms. The van der Waals surface area contributed by atoms with Crippen LogP contribution >= 0.6 is 0 Å². The second-order valence-electron chi connectivity index (χ2n) is 2.62. The zero-order valence-corrected chi connectivity index (χ0v) is 7.73. The predicted octanol–water partition coefficient (Wildman–Crippen LogP) is 1.90. The number of hydrogen-bond donors (Lipinski definition) is 1. The molecule has 1 aromatic rings. The minimum atomic E-state index is -0.0163. The Balaban J connectivity index is 2.85. The normalized spacial score (nSPS) is 7.80. The molecule has 0 atom stereocenters. The molecule has 0 saturated carbocycles. The van der Waals surface area contributed by atoms with Crippen LogP contribution in [0.2, 0.25) is 0 Å². The van der Waals surface area contributed by atoms with Gasteiger partial charge in [-0.05, 0) is 18.2 Å². The summed E-state index contributed by atoms with van der Waals surface area (Å²) in [6.45, 7) is 0. The van der Waals surface area contributed by atoms with Gasteiger partial charge in [0, 0.05) is 11.9 Å². The molecule has 0 aromatic heterocycles. The highest BCUT2D eigenvalue weighted by atomic mass is 14.8. The van der Waals surface area contributed by atoms with Crippen molar-refractivity contribution < 1.29 is 0 Å². The van der Waals surface area contributed by atoms with Crippen molar-refractivity contribution in [2.75, 3.05) is 5.32 Å². The Morgan fingerprint density at radius 1 is 1.20 bits per heavy atom. The summed E-state index contributed by atoms with van der Waals surface area (Å²) >= 11 is 0. The third-order valence-corrected chi connectivity index (χ3v) is 1.62. The summed E-state index contributed by atoms with van der Waals surface area (Å²) < 4.78 is 0. The van der Waals surface area contributed by atoms with Gasteiger partial charge in [0.25, 0.3) is 0 Å². The van der Waals surface area contributed by atoms with Crippen LogP contribution in [0.5, 0.6) is 0 Å². The molecule has 0 spiro atoms. The van der Waals surface area contributed by atoms with E-state index in [0.717, 1.165) is 0 Å². The third-order valence-electron chi connectivity index (χ3n) is 1.62. The molecule has 4 heteroatoms. The standard InChI is InChI=1S/C11H6N4/c12-5-9-2-1-3-11(4-9)15-8-10(6-13)7-14/h1-4,8,15H. The molecule has 0 aliphatic carbocycles. The highest BCUT2D eigenvalue weighted by molar-refractivity contribution is 5.52. The van der Waals surface area contributed by atoms with E-state index < -0.39 is 0 Å². The van der Waals surface area contributed by atoms with E-state index in [2.05, 4.69) is 5.32 Å². The Morgan fingerprint density at radius 2 is 1.93 bits per heavy atom. The lowest BCUT2D eigenvalue weighted by atomic mass is 10.2. The van der Waals surface area contributed by atoms with Gasteiger partial charge in [0.1, 0.15) is 17.7 Å². The van der Waals surface area contributed by atoms with Crippen LogP contribution in [0.4, 0.5) is 5.69 Å². The van der Waals surface area contributed by atoms with Crippen LogP contribution in [-0.2, 0) is 0 Å². The Labute approximate surface area is 87.3 Å². The van der Waals surface area contributed by atoms with Gasteiger partial charge in [0.2, 0.25) is 0 Å². The van der Waals surface area contributed by atoms with Gasteiger partial charge in [-0.2, -0.15) is 15.8 Å². The minimum Gasteiger partial charge on any atom is -0.360 e. The highest BCUT2D eigenvalue weighted by Gasteiger charge is 1.94. The van der Waals surface area contributed by atoms with Crippen molar-refractivity contribution in [3.8, 4) is 18.2 Å². The van der Waals surface area contributed by atoms with Crippen LogP contribution in [0.1, 0.15) is 5.56 Å². The van der Waals surface area contributed by atoms with Crippen LogP contribution in [0, 0.1) is 34.0 Å². The van der Waals surface area contributed by atoms with Crippen molar-refractivity contribution in [2.45, 2.75) is 0 Å². The number of allylic oxidation sites excluding steroid dienone is 1. The quantitative estimate of drug-likeness (QED) is 0.728. The van der Waals surface area contributed by atoms with Gasteiger partial charge < -0.3 is 5.32 Å². The summed E-state index contributed by atoms with van der Waals surface area (Å²) in [6.07, 6.45) is 1.30. The highest BCUT2D eigenvalue weighted by Crippen LogP contribution is 2.09. The fourth-order valence-electron chi connectivity index (χ4n) is 0.924. The summed E-state index contributed by atoms with van der Waals surface area (Å²) in [4.78, 5) is 0. The van der Waals surface area contributed by atoms with Crippen molar-refractivity contribution in [1.82, 2.24) is 0 Å². The second-order valence-corrected chi connectivity index (χ2v) is 2.62. The zero-order valence-electron chi connectivity index (χ0n) is 7.73. The van der Waals surface area contributed by atoms with E-state index in [1.165, 1.54) is 6.20 Å². The lowest BCUT2D eigenvalue weighted by Crippen LogP contribution is -1.90. The molecule has 15 heavy (non-hydrogen) atoms. The van der Waals surface area contributed by atoms with E-state index >= 15 is 0 Å². The third kappa shape index (κ3) is 2.88. The molecule has 0 heterocycles.